The first-order chi connectivity index (χ1) is 9.46. The van der Waals surface area contributed by atoms with Crippen LogP contribution in [0.2, 0.25) is 0 Å². The maximum absolute atomic E-state index is 12.7. The van der Waals surface area contributed by atoms with Crippen molar-refractivity contribution in [1.29, 1.82) is 5.26 Å². The summed E-state index contributed by atoms with van der Waals surface area (Å²) < 4.78 is 26.7. The van der Waals surface area contributed by atoms with E-state index in [1.54, 1.807) is 13.1 Å². The zero-order chi connectivity index (χ0) is 14.8. The van der Waals surface area contributed by atoms with Crippen LogP contribution in [0, 0.1) is 17.2 Å². The third-order valence-corrected chi connectivity index (χ3v) is 5.90. The summed E-state index contributed by atoms with van der Waals surface area (Å²) in [5.74, 6) is 0.538. The van der Waals surface area contributed by atoms with E-state index in [1.807, 2.05) is 6.07 Å². The van der Waals surface area contributed by atoms with Crippen molar-refractivity contribution in [2.24, 2.45) is 5.92 Å². The minimum Gasteiger partial charge on any atom is -0.244 e. The van der Waals surface area contributed by atoms with Crippen LogP contribution >= 0.6 is 0 Å². The van der Waals surface area contributed by atoms with E-state index in [9.17, 15) is 8.42 Å². The van der Waals surface area contributed by atoms with Gasteiger partial charge in [-0.1, -0.05) is 19.8 Å². The molecule has 5 nitrogen and oxygen atoms in total. The second kappa shape index (κ2) is 5.90. The smallest absolute Gasteiger partial charge is 0.244 e. The van der Waals surface area contributed by atoms with Crippen molar-refractivity contribution in [1.82, 2.24) is 9.29 Å². The molecule has 1 fully saturated rings. The predicted molar refractivity (Wildman–Crippen MR) is 75.3 cm³/mol. The Bertz CT molecular complexity index is 622. The van der Waals surface area contributed by atoms with Crippen LogP contribution in [-0.4, -0.2) is 30.8 Å². The van der Waals surface area contributed by atoms with Crippen LogP contribution in [0.15, 0.2) is 23.2 Å². The first-order valence-corrected chi connectivity index (χ1v) is 8.24. The third kappa shape index (κ3) is 2.84. The first-order valence-electron chi connectivity index (χ1n) is 6.80. The highest BCUT2D eigenvalue weighted by Crippen LogP contribution is 2.30. The molecule has 2 atom stereocenters. The number of aromatic nitrogens is 1. The molecule has 6 heteroatoms. The predicted octanol–water partition coefficient (Wildman–Crippen LogP) is 2.15. The zero-order valence-corrected chi connectivity index (χ0v) is 12.6. The van der Waals surface area contributed by atoms with Gasteiger partial charge in [0.15, 0.2) is 5.69 Å². The van der Waals surface area contributed by atoms with E-state index in [0.29, 0.717) is 5.92 Å². The molecule has 108 valence electrons. The Morgan fingerprint density at radius 1 is 1.45 bits per heavy atom. The van der Waals surface area contributed by atoms with Gasteiger partial charge in [0.05, 0.1) is 0 Å². The minimum atomic E-state index is -3.66. The van der Waals surface area contributed by atoms with Crippen LogP contribution in [0.5, 0.6) is 0 Å². The van der Waals surface area contributed by atoms with Gasteiger partial charge in [-0.15, -0.1) is 0 Å². The first kappa shape index (κ1) is 14.9. The molecule has 0 spiro atoms. The fraction of sp³-hybridized carbons (Fsp3) is 0.571. The van der Waals surface area contributed by atoms with E-state index < -0.39 is 10.0 Å². The van der Waals surface area contributed by atoms with Gasteiger partial charge in [-0.25, -0.2) is 13.4 Å². The summed E-state index contributed by atoms with van der Waals surface area (Å²) in [6.07, 6.45) is 5.38. The van der Waals surface area contributed by atoms with E-state index in [4.69, 9.17) is 5.26 Å². The van der Waals surface area contributed by atoms with Crippen LogP contribution in [-0.2, 0) is 10.0 Å². The van der Waals surface area contributed by atoms with Crippen LogP contribution < -0.4 is 0 Å². The van der Waals surface area contributed by atoms with Crippen molar-refractivity contribution >= 4 is 10.0 Å². The molecule has 1 saturated carbocycles. The molecule has 0 radical (unpaired) electrons. The average molecular weight is 293 g/mol. The van der Waals surface area contributed by atoms with Crippen molar-refractivity contribution < 1.29 is 8.42 Å². The number of hydrogen-bond donors (Lipinski definition) is 0. The SMILES string of the molecule is CC1CCCC(N(C)S(=O)(=O)c2cccnc2C#N)C1. The summed E-state index contributed by atoms with van der Waals surface area (Å²) >= 11 is 0. The Kier molecular flexibility index (Phi) is 4.41. The van der Waals surface area contributed by atoms with Gasteiger partial charge in [0.2, 0.25) is 10.0 Å². The molecule has 1 aliphatic rings. The lowest BCUT2D eigenvalue weighted by Gasteiger charge is -2.33. The van der Waals surface area contributed by atoms with Crippen molar-refractivity contribution in [3.63, 3.8) is 0 Å². The minimum absolute atomic E-state index is 0.00299. The fourth-order valence-electron chi connectivity index (χ4n) is 2.77. The lowest BCUT2D eigenvalue weighted by molar-refractivity contribution is 0.239. The molecule has 1 aliphatic carbocycles. The highest BCUT2D eigenvalue weighted by molar-refractivity contribution is 7.89. The van der Waals surface area contributed by atoms with E-state index in [0.717, 1.165) is 25.7 Å². The number of pyridine rings is 1. The summed E-state index contributed by atoms with van der Waals surface area (Å²) in [6.45, 7) is 2.15. The fourth-order valence-corrected chi connectivity index (χ4v) is 4.25. The molecular weight excluding hydrogens is 274 g/mol. The van der Waals surface area contributed by atoms with Gasteiger partial charge < -0.3 is 0 Å². The molecule has 0 saturated heterocycles. The van der Waals surface area contributed by atoms with E-state index in [-0.39, 0.29) is 16.6 Å². The average Bonchev–Trinajstić information content (AvgIpc) is 2.46. The lowest BCUT2D eigenvalue weighted by Crippen LogP contribution is -2.40. The van der Waals surface area contributed by atoms with Crippen molar-refractivity contribution in [3.8, 4) is 6.07 Å². The van der Waals surface area contributed by atoms with Crippen LogP contribution in [0.25, 0.3) is 0 Å². The van der Waals surface area contributed by atoms with Crippen LogP contribution in [0.3, 0.4) is 0 Å². The molecule has 0 bridgehead atoms. The van der Waals surface area contributed by atoms with Crippen molar-refractivity contribution in [2.45, 2.75) is 43.5 Å². The monoisotopic (exact) mass is 293 g/mol. The van der Waals surface area contributed by atoms with Gasteiger partial charge in [0.1, 0.15) is 11.0 Å². The highest BCUT2D eigenvalue weighted by Gasteiger charge is 2.32. The maximum Gasteiger partial charge on any atom is 0.245 e. The van der Waals surface area contributed by atoms with Gasteiger partial charge in [0, 0.05) is 19.3 Å². The Balaban J connectivity index is 2.32. The van der Waals surface area contributed by atoms with Gasteiger partial charge in [-0.05, 0) is 30.9 Å². The Morgan fingerprint density at radius 2 is 2.20 bits per heavy atom. The van der Waals surface area contributed by atoms with E-state index in [2.05, 4.69) is 11.9 Å². The molecule has 20 heavy (non-hydrogen) atoms. The molecule has 0 aliphatic heterocycles. The summed E-state index contributed by atoms with van der Waals surface area (Å²) in [4.78, 5) is 3.84. The van der Waals surface area contributed by atoms with Gasteiger partial charge in [-0.2, -0.15) is 9.57 Å². The number of nitrogens with zero attached hydrogens (tertiary/aromatic N) is 3. The van der Waals surface area contributed by atoms with Crippen LogP contribution in [0.4, 0.5) is 0 Å². The van der Waals surface area contributed by atoms with Crippen LogP contribution in [0.1, 0.15) is 38.3 Å². The molecule has 0 N–H and O–H groups in total. The summed E-state index contributed by atoms with van der Waals surface area (Å²) in [5.41, 5.74) is -0.0387. The molecule has 2 unspecified atom stereocenters. The van der Waals surface area contributed by atoms with E-state index in [1.165, 1.54) is 16.6 Å². The molecule has 2 rings (SSSR count). The van der Waals surface area contributed by atoms with Crippen molar-refractivity contribution in [3.05, 3.63) is 24.0 Å². The Labute approximate surface area is 120 Å². The standard InChI is InChI=1S/C14H19N3O2S/c1-11-5-3-6-12(9-11)17(2)20(18,19)14-7-4-8-16-13(14)10-15/h4,7-8,11-12H,3,5-6,9H2,1-2H3. The zero-order valence-electron chi connectivity index (χ0n) is 11.8. The quantitative estimate of drug-likeness (QED) is 0.856. The Morgan fingerprint density at radius 3 is 2.85 bits per heavy atom. The van der Waals surface area contributed by atoms with Crippen molar-refractivity contribution in [2.75, 3.05) is 7.05 Å². The molecular formula is C14H19N3O2S. The largest absolute Gasteiger partial charge is 0.245 e. The van der Waals surface area contributed by atoms with Gasteiger partial charge in [0.25, 0.3) is 0 Å². The molecule has 1 aromatic rings. The lowest BCUT2D eigenvalue weighted by atomic mass is 9.87. The van der Waals surface area contributed by atoms with Gasteiger partial charge in [-0.3, -0.25) is 0 Å². The van der Waals surface area contributed by atoms with Gasteiger partial charge >= 0.3 is 0 Å². The van der Waals surface area contributed by atoms with E-state index >= 15 is 0 Å². The normalized spacial score (nSPS) is 23.5. The number of hydrogen-bond acceptors (Lipinski definition) is 4. The molecule has 1 heterocycles. The third-order valence-electron chi connectivity index (χ3n) is 3.96. The second-order valence-electron chi connectivity index (χ2n) is 5.41. The second-order valence-corrected chi connectivity index (χ2v) is 7.37. The summed E-state index contributed by atoms with van der Waals surface area (Å²) in [5, 5.41) is 9.02. The molecule has 0 amide bonds. The topological polar surface area (TPSA) is 74.1 Å². The summed E-state index contributed by atoms with van der Waals surface area (Å²) in [7, 11) is -2.05. The maximum atomic E-state index is 12.7. The highest BCUT2D eigenvalue weighted by atomic mass is 32.2. The molecule has 0 aromatic carbocycles. The number of rotatable bonds is 3. The number of sulfonamides is 1. The number of nitriles is 1. The molecule has 1 aromatic heterocycles. The Hall–Kier alpha value is -1.45. The summed E-state index contributed by atoms with van der Waals surface area (Å²) in [6, 6.07) is 4.86.